The molecule has 0 atom stereocenters. The summed E-state index contributed by atoms with van der Waals surface area (Å²) in [6.07, 6.45) is 6.14. The summed E-state index contributed by atoms with van der Waals surface area (Å²) in [5, 5.41) is 5.77. The Morgan fingerprint density at radius 1 is 1.31 bits per heavy atom. The van der Waals surface area contributed by atoms with Crippen LogP contribution in [0.3, 0.4) is 0 Å². The van der Waals surface area contributed by atoms with E-state index in [1.807, 2.05) is 54.0 Å². The van der Waals surface area contributed by atoms with Gasteiger partial charge in [0.1, 0.15) is 11.4 Å². The first-order chi connectivity index (χ1) is 14.1. The molecule has 4 rings (SSSR count). The minimum absolute atomic E-state index is 0.0180. The predicted octanol–water partition coefficient (Wildman–Crippen LogP) is 3.00. The number of carbonyl (C=O) groups excluding carboxylic acids is 2. The number of amides is 2. The van der Waals surface area contributed by atoms with Gasteiger partial charge in [-0.05, 0) is 55.2 Å². The number of ether oxygens (including phenoxy) is 1. The summed E-state index contributed by atoms with van der Waals surface area (Å²) in [7, 11) is 0. The van der Waals surface area contributed by atoms with E-state index in [2.05, 4.69) is 15.6 Å². The minimum Gasteiger partial charge on any atom is -0.494 e. The van der Waals surface area contributed by atoms with E-state index in [4.69, 9.17) is 4.74 Å². The van der Waals surface area contributed by atoms with E-state index in [9.17, 15) is 9.59 Å². The van der Waals surface area contributed by atoms with Crippen LogP contribution in [-0.4, -0.2) is 27.8 Å². The number of fused-ring (bicyclic) bond motifs is 2. The quantitative estimate of drug-likeness (QED) is 0.606. The van der Waals surface area contributed by atoms with Crippen LogP contribution in [0.15, 0.2) is 42.7 Å². The largest absolute Gasteiger partial charge is 0.494 e. The topological polar surface area (TPSA) is 84.7 Å². The maximum atomic E-state index is 12.1. The van der Waals surface area contributed by atoms with Crippen LogP contribution in [0.2, 0.25) is 0 Å². The smallest absolute Gasteiger partial charge is 0.224 e. The van der Waals surface area contributed by atoms with E-state index in [-0.39, 0.29) is 11.8 Å². The minimum atomic E-state index is -0.0180. The van der Waals surface area contributed by atoms with Crippen molar-refractivity contribution in [2.24, 2.45) is 0 Å². The lowest BCUT2D eigenvalue weighted by Crippen LogP contribution is -2.23. The van der Waals surface area contributed by atoms with Crippen molar-refractivity contribution in [2.45, 2.75) is 39.2 Å². The van der Waals surface area contributed by atoms with Gasteiger partial charge in [-0.2, -0.15) is 0 Å². The molecular weight excluding hydrogens is 368 g/mol. The van der Waals surface area contributed by atoms with Gasteiger partial charge in [-0.1, -0.05) is 6.07 Å². The van der Waals surface area contributed by atoms with Crippen LogP contribution in [0.1, 0.15) is 36.1 Å². The highest BCUT2D eigenvalue weighted by Crippen LogP contribution is 2.26. The molecule has 0 spiro atoms. The molecule has 0 saturated carbocycles. The van der Waals surface area contributed by atoms with Gasteiger partial charge in [0.15, 0.2) is 0 Å². The first kappa shape index (κ1) is 19.0. The van der Waals surface area contributed by atoms with Gasteiger partial charge in [0.25, 0.3) is 0 Å². The lowest BCUT2D eigenvalue weighted by Gasteiger charge is -2.17. The van der Waals surface area contributed by atoms with Crippen LogP contribution in [0.4, 0.5) is 5.69 Å². The van der Waals surface area contributed by atoms with Crippen LogP contribution < -0.4 is 15.4 Å². The fourth-order valence-corrected chi connectivity index (χ4v) is 3.44. The van der Waals surface area contributed by atoms with Crippen LogP contribution >= 0.6 is 0 Å². The number of imidazole rings is 1. The molecule has 1 aliphatic heterocycles. The Hall–Kier alpha value is -3.35. The first-order valence-corrected chi connectivity index (χ1v) is 9.84. The highest BCUT2D eigenvalue weighted by molar-refractivity contribution is 5.94. The van der Waals surface area contributed by atoms with Gasteiger partial charge in [0, 0.05) is 30.9 Å². The van der Waals surface area contributed by atoms with Crippen LogP contribution in [0.25, 0.3) is 5.65 Å². The van der Waals surface area contributed by atoms with E-state index in [1.54, 1.807) is 0 Å². The first-order valence-electron chi connectivity index (χ1n) is 9.84. The van der Waals surface area contributed by atoms with Crippen molar-refractivity contribution in [3.8, 4) is 5.75 Å². The van der Waals surface area contributed by atoms with Crippen molar-refractivity contribution in [3.05, 3.63) is 59.5 Å². The number of benzene rings is 1. The van der Waals surface area contributed by atoms with Crippen molar-refractivity contribution in [1.29, 1.82) is 0 Å². The molecule has 1 aliphatic rings. The highest BCUT2D eigenvalue weighted by atomic mass is 16.5. The predicted molar refractivity (Wildman–Crippen MR) is 110 cm³/mol. The lowest BCUT2D eigenvalue weighted by atomic mass is 10.0. The van der Waals surface area contributed by atoms with Gasteiger partial charge >= 0.3 is 0 Å². The lowest BCUT2D eigenvalue weighted by molar-refractivity contribution is -0.121. The number of nitrogens with one attached hydrogen (secondary N) is 2. The zero-order valence-electron chi connectivity index (χ0n) is 16.4. The van der Waals surface area contributed by atoms with Crippen LogP contribution in [0.5, 0.6) is 5.75 Å². The molecule has 3 heterocycles. The van der Waals surface area contributed by atoms with Crippen LogP contribution in [0, 0.1) is 6.92 Å². The SMILES string of the molecule is Cc1cccn2cc(CNC(=O)CCCOc3ccc4c(c3)CCC(=O)N4)nc12. The second kappa shape index (κ2) is 8.34. The number of anilines is 1. The van der Waals surface area contributed by atoms with E-state index in [1.165, 1.54) is 0 Å². The summed E-state index contributed by atoms with van der Waals surface area (Å²) in [6.45, 7) is 2.90. The molecule has 7 heteroatoms. The summed E-state index contributed by atoms with van der Waals surface area (Å²) in [5.41, 5.74) is 4.80. The van der Waals surface area contributed by atoms with Gasteiger partial charge in [-0.3, -0.25) is 9.59 Å². The molecule has 1 aromatic carbocycles. The molecule has 2 amide bonds. The van der Waals surface area contributed by atoms with E-state index >= 15 is 0 Å². The van der Waals surface area contributed by atoms with Crippen molar-refractivity contribution in [2.75, 3.05) is 11.9 Å². The van der Waals surface area contributed by atoms with Gasteiger partial charge in [-0.15, -0.1) is 0 Å². The Morgan fingerprint density at radius 3 is 3.07 bits per heavy atom. The monoisotopic (exact) mass is 392 g/mol. The fourth-order valence-electron chi connectivity index (χ4n) is 3.44. The molecule has 2 N–H and O–H groups in total. The molecular formula is C22H24N4O3. The van der Waals surface area contributed by atoms with Gasteiger partial charge in [0.05, 0.1) is 18.8 Å². The third-order valence-electron chi connectivity index (χ3n) is 4.98. The number of rotatable bonds is 7. The zero-order chi connectivity index (χ0) is 20.2. The Bertz CT molecular complexity index is 1060. The number of pyridine rings is 1. The maximum Gasteiger partial charge on any atom is 0.224 e. The average molecular weight is 392 g/mol. The molecule has 0 radical (unpaired) electrons. The normalized spacial score (nSPS) is 13.1. The van der Waals surface area contributed by atoms with E-state index < -0.39 is 0 Å². The summed E-state index contributed by atoms with van der Waals surface area (Å²) in [4.78, 5) is 28.1. The molecule has 0 unspecified atom stereocenters. The third-order valence-corrected chi connectivity index (χ3v) is 4.98. The van der Waals surface area contributed by atoms with E-state index in [0.717, 1.165) is 40.3 Å². The van der Waals surface area contributed by atoms with E-state index in [0.29, 0.717) is 32.4 Å². The van der Waals surface area contributed by atoms with Gasteiger partial charge in [0.2, 0.25) is 11.8 Å². The fraction of sp³-hybridized carbons (Fsp3) is 0.318. The van der Waals surface area contributed by atoms with Crippen LogP contribution in [-0.2, 0) is 22.6 Å². The number of aromatic nitrogens is 2. The zero-order valence-corrected chi connectivity index (χ0v) is 16.4. The summed E-state index contributed by atoms with van der Waals surface area (Å²) < 4.78 is 7.72. The van der Waals surface area contributed by atoms with Crippen molar-refractivity contribution in [3.63, 3.8) is 0 Å². The Kier molecular flexibility index (Phi) is 5.46. The molecule has 0 fully saturated rings. The van der Waals surface area contributed by atoms with Crippen molar-refractivity contribution >= 4 is 23.1 Å². The second-order valence-corrected chi connectivity index (χ2v) is 7.25. The van der Waals surface area contributed by atoms with Crippen molar-refractivity contribution < 1.29 is 14.3 Å². The number of hydrogen-bond acceptors (Lipinski definition) is 4. The summed E-state index contributed by atoms with van der Waals surface area (Å²) in [5.74, 6) is 0.798. The Labute approximate surface area is 169 Å². The Morgan fingerprint density at radius 2 is 2.21 bits per heavy atom. The summed E-state index contributed by atoms with van der Waals surface area (Å²) in [6, 6.07) is 9.66. The van der Waals surface area contributed by atoms with Crippen molar-refractivity contribution in [1.82, 2.24) is 14.7 Å². The Balaban J connectivity index is 1.20. The number of nitrogens with zero attached hydrogens (tertiary/aromatic N) is 2. The number of aryl methyl sites for hydroxylation is 2. The van der Waals surface area contributed by atoms with Gasteiger partial charge < -0.3 is 19.8 Å². The molecule has 7 nitrogen and oxygen atoms in total. The van der Waals surface area contributed by atoms with Gasteiger partial charge in [-0.25, -0.2) is 4.98 Å². The summed E-state index contributed by atoms with van der Waals surface area (Å²) >= 11 is 0. The maximum absolute atomic E-state index is 12.1. The molecule has 0 saturated heterocycles. The highest BCUT2D eigenvalue weighted by Gasteiger charge is 2.15. The standard InChI is InChI=1S/C22H24N4O3/c1-15-4-2-10-26-14-17(24-22(15)26)13-23-20(27)5-3-11-29-18-7-8-19-16(12-18)6-9-21(28)25-19/h2,4,7-8,10,12,14H,3,5-6,9,11,13H2,1H3,(H,23,27)(H,25,28). The average Bonchev–Trinajstić information content (AvgIpc) is 3.14. The molecule has 3 aromatic rings. The molecule has 0 bridgehead atoms. The molecule has 2 aromatic heterocycles. The molecule has 0 aliphatic carbocycles. The molecule has 29 heavy (non-hydrogen) atoms. The number of carbonyl (C=O) groups is 2. The molecule has 150 valence electrons. The second-order valence-electron chi connectivity index (χ2n) is 7.25. The third kappa shape index (κ3) is 4.56. The number of hydrogen-bond donors (Lipinski definition) is 2.